The Labute approximate surface area is 148 Å². The van der Waals surface area contributed by atoms with Crippen LogP contribution in [-0.4, -0.2) is 49.2 Å². The lowest BCUT2D eigenvalue weighted by molar-refractivity contribution is 0.194. The van der Waals surface area contributed by atoms with Crippen LogP contribution in [0.3, 0.4) is 0 Å². The molecular formula is C19H24N4O2. The molecular weight excluding hydrogens is 316 g/mol. The van der Waals surface area contributed by atoms with E-state index in [1.165, 1.54) is 11.3 Å². The smallest absolute Gasteiger partial charge is 0.317 e. The fourth-order valence-electron chi connectivity index (χ4n) is 2.99. The van der Waals surface area contributed by atoms with Crippen molar-refractivity contribution < 1.29 is 9.53 Å². The summed E-state index contributed by atoms with van der Waals surface area (Å²) in [5.74, 6) is 0.572. The van der Waals surface area contributed by atoms with Gasteiger partial charge >= 0.3 is 6.03 Å². The second kappa shape index (κ2) is 7.88. The van der Waals surface area contributed by atoms with Gasteiger partial charge in [0.2, 0.25) is 5.88 Å². The highest BCUT2D eigenvalue weighted by Gasteiger charge is 2.21. The number of nitrogens with one attached hydrogen (secondary N) is 1. The van der Waals surface area contributed by atoms with E-state index in [2.05, 4.69) is 46.4 Å². The Balaban J connectivity index is 1.49. The summed E-state index contributed by atoms with van der Waals surface area (Å²) in [5.41, 5.74) is 3.48. The lowest BCUT2D eigenvalue weighted by Crippen LogP contribution is -2.51. The van der Waals surface area contributed by atoms with Crippen molar-refractivity contribution in [3.63, 3.8) is 0 Å². The van der Waals surface area contributed by atoms with Gasteiger partial charge < -0.3 is 19.9 Å². The molecule has 2 heterocycles. The first-order valence-electron chi connectivity index (χ1n) is 8.49. The number of hydrogen-bond donors (Lipinski definition) is 1. The van der Waals surface area contributed by atoms with Crippen molar-refractivity contribution in [1.29, 1.82) is 0 Å². The van der Waals surface area contributed by atoms with Gasteiger partial charge in [0.25, 0.3) is 0 Å². The van der Waals surface area contributed by atoms with E-state index in [1.54, 1.807) is 19.4 Å². The Hall–Kier alpha value is -2.76. The highest BCUT2D eigenvalue weighted by atomic mass is 16.5. The number of rotatable bonds is 4. The second-order valence-electron chi connectivity index (χ2n) is 6.13. The summed E-state index contributed by atoms with van der Waals surface area (Å²) >= 11 is 0. The zero-order valence-electron chi connectivity index (χ0n) is 14.7. The normalized spacial score (nSPS) is 14.3. The van der Waals surface area contributed by atoms with Crippen LogP contribution in [-0.2, 0) is 6.54 Å². The van der Waals surface area contributed by atoms with Gasteiger partial charge in [-0.1, -0.05) is 24.3 Å². The monoisotopic (exact) mass is 340 g/mol. The van der Waals surface area contributed by atoms with Crippen molar-refractivity contribution in [3.8, 4) is 5.88 Å². The van der Waals surface area contributed by atoms with E-state index >= 15 is 0 Å². The lowest BCUT2D eigenvalue weighted by Gasteiger charge is -2.36. The largest absolute Gasteiger partial charge is 0.481 e. The van der Waals surface area contributed by atoms with Crippen LogP contribution in [0, 0.1) is 6.92 Å². The van der Waals surface area contributed by atoms with E-state index in [-0.39, 0.29) is 6.03 Å². The number of aryl methyl sites for hydroxylation is 1. The molecule has 1 aliphatic rings. The molecule has 0 unspecified atom stereocenters. The number of pyridine rings is 1. The van der Waals surface area contributed by atoms with Gasteiger partial charge in [-0.3, -0.25) is 0 Å². The van der Waals surface area contributed by atoms with Gasteiger partial charge in [-0.25, -0.2) is 9.78 Å². The van der Waals surface area contributed by atoms with Crippen molar-refractivity contribution in [3.05, 3.63) is 53.7 Å². The maximum atomic E-state index is 12.4. The number of piperazine rings is 1. The number of benzene rings is 1. The first-order valence-corrected chi connectivity index (χ1v) is 8.49. The number of ether oxygens (including phenoxy) is 1. The summed E-state index contributed by atoms with van der Waals surface area (Å²) in [7, 11) is 1.58. The molecule has 0 aliphatic carbocycles. The Morgan fingerprint density at radius 2 is 1.92 bits per heavy atom. The van der Waals surface area contributed by atoms with Gasteiger partial charge in [0.1, 0.15) is 0 Å². The predicted molar refractivity (Wildman–Crippen MR) is 98.0 cm³/mol. The van der Waals surface area contributed by atoms with E-state index in [9.17, 15) is 4.79 Å². The Kier molecular flexibility index (Phi) is 5.38. The van der Waals surface area contributed by atoms with Crippen molar-refractivity contribution in [2.75, 3.05) is 38.2 Å². The zero-order chi connectivity index (χ0) is 17.6. The minimum Gasteiger partial charge on any atom is -0.481 e. The van der Waals surface area contributed by atoms with Gasteiger partial charge in [-0.05, 0) is 24.1 Å². The summed E-state index contributed by atoms with van der Waals surface area (Å²) in [6, 6.07) is 12.0. The SMILES string of the molecule is COc1ccc(CNC(=O)N2CCN(c3ccccc3C)CC2)cn1. The number of anilines is 1. The number of para-hydroxylation sites is 1. The first kappa shape index (κ1) is 17.1. The molecule has 0 bridgehead atoms. The highest BCUT2D eigenvalue weighted by molar-refractivity contribution is 5.74. The summed E-state index contributed by atoms with van der Waals surface area (Å²) in [6.07, 6.45) is 1.72. The zero-order valence-corrected chi connectivity index (χ0v) is 14.7. The molecule has 1 aliphatic heterocycles. The number of nitrogens with zero attached hydrogens (tertiary/aromatic N) is 3. The van der Waals surface area contributed by atoms with Gasteiger partial charge in [-0.2, -0.15) is 0 Å². The molecule has 1 N–H and O–H groups in total. The molecule has 1 saturated heterocycles. The molecule has 1 aromatic carbocycles. The van der Waals surface area contributed by atoms with E-state index in [4.69, 9.17) is 4.74 Å². The average Bonchev–Trinajstić information content (AvgIpc) is 2.67. The minimum atomic E-state index is -0.0275. The van der Waals surface area contributed by atoms with Crippen LogP contribution in [0.15, 0.2) is 42.6 Å². The fourth-order valence-corrected chi connectivity index (χ4v) is 2.99. The second-order valence-corrected chi connectivity index (χ2v) is 6.13. The predicted octanol–water partition coefficient (Wildman–Crippen LogP) is 2.43. The number of hydrogen-bond acceptors (Lipinski definition) is 4. The molecule has 132 valence electrons. The average molecular weight is 340 g/mol. The molecule has 25 heavy (non-hydrogen) atoms. The number of urea groups is 1. The first-order chi connectivity index (χ1) is 12.2. The minimum absolute atomic E-state index is 0.0275. The molecule has 0 spiro atoms. The number of carbonyl (C=O) groups is 1. The maximum absolute atomic E-state index is 12.4. The van der Waals surface area contributed by atoms with Crippen LogP contribution in [0.2, 0.25) is 0 Å². The van der Waals surface area contributed by atoms with Crippen molar-refractivity contribution in [2.24, 2.45) is 0 Å². The molecule has 0 radical (unpaired) electrons. The third-order valence-electron chi connectivity index (χ3n) is 4.47. The Morgan fingerprint density at radius 1 is 1.16 bits per heavy atom. The molecule has 2 amide bonds. The standard InChI is InChI=1S/C19H24N4O2/c1-15-5-3-4-6-17(15)22-9-11-23(12-10-22)19(24)21-14-16-7-8-18(25-2)20-13-16/h3-8,13H,9-12,14H2,1-2H3,(H,21,24). The summed E-state index contributed by atoms with van der Waals surface area (Å²) in [5, 5.41) is 2.96. The lowest BCUT2D eigenvalue weighted by atomic mass is 10.1. The van der Waals surface area contributed by atoms with Crippen molar-refractivity contribution in [2.45, 2.75) is 13.5 Å². The van der Waals surface area contributed by atoms with Crippen LogP contribution in [0.25, 0.3) is 0 Å². The number of carbonyl (C=O) groups excluding carboxylic acids is 1. The van der Waals surface area contributed by atoms with Crippen LogP contribution in [0.5, 0.6) is 5.88 Å². The molecule has 2 aromatic rings. The van der Waals surface area contributed by atoms with E-state index in [0.717, 1.165) is 31.7 Å². The molecule has 6 heteroatoms. The van der Waals surface area contributed by atoms with E-state index < -0.39 is 0 Å². The topological polar surface area (TPSA) is 57.7 Å². The molecule has 1 fully saturated rings. The molecule has 0 atom stereocenters. The van der Waals surface area contributed by atoms with Gasteiger partial charge in [-0.15, -0.1) is 0 Å². The number of methoxy groups -OCH3 is 1. The van der Waals surface area contributed by atoms with Crippen molar-refractivity contribution in [1.82, 2.24) is 15.2 Å². The van der Waals surface area contributed by atoms with Crippen LogP contribution in [0.4, 0.5) is 10.5 Å². The quantitative estimate of drug-likeness (QED) is 0.929. The molecule has 1 aromatic heterocycles. The maximum Gasteiger partial charge on any atom is 0.317 e. The molecule has 0 saturated carbocycles. The summed E-state index contributed by atoms with van der Waals surface area (Å²) in [4.78, 5) is 20.7. The van der Waals surface area contributed by atoms with Crippen molar-refractivity contribution >= 4 is 11.7 Å². The van der Waals surface area contributed by atoms with E-state index in [1.807, 2.05) is 11.0 Å². The third-order valence-corrected chi connectivity index (χ3v) is 4.47. The Bertz CT molecular complexity index is 710. The van der Waals surface area contributed by atoms with E-state index in [0.29, 0.717) is 12.4 Å². The Morgan fingerprint density at radius 3 is 2.56 bits per heavy atom. The number of aromatic nitrogens is 1. The van der Waals surface area contributed by atoms with Gasteiger partial charge in [0, 0.05) is 50.7 Å². The van der Waals surface area contributed by atoms with Gasteiger partial charge in [0.15, 0.2) is 0 Å². The summed E-state index contributed by atoms with van der Waals surface area (Å²) < 4.78 is 5.03. The molecule has 6 nitrogen and oxygen atoms in total. The fraction of sp³-hybridized carbons (Fsp3) is 0.368. The van der Waals surface area contributed by atoms with Crippen LogP contribution in [0.1, 0.15) is 11.1 Å². The van der Waals surface area contributed by atoms with Gasteiger partial charge in [0.05, 0.1) is 7.11 Å². The third kappa shape index (κ3) is 4.21. The summed E-state index contributed by atoms with van der Waals surface area (Å²) in [6.45, 7) is 5.73. The van der Waals surface area contributed by atoms with Crippen LogP contribution < -0.4 is 15.0 Å². The molecule has 3 rings (SSSR count). The highest BCUT2D eigenvalue weighted by Crippen LogP contribution is 2.20. The van der Waals surface area contributed by atoms with Crippen LogP contribution >= 0.6 is 0 Å². The number of amides is 2.